The van der Waals surface area contributed by atoms with Crippen molar-refractivity contribution < 1.29 is 14.3 Å². The molecule has 0 aliphatic heterocycles. The zero-order valence-corrected chi connectivity index (χ0v) is 12.4. The number of nitrogens with one attached hydrogen (secondary N) is 1. The second-order valence-corrected chi connectivity index (χ2v) is 6.01. The Labute approximate surface area is 127 Å². The summed E-state index contributed by atoms with van der Waals surface area (Å²) >= 11 is 11.5. The van der Waals surface area contributed by atoms with Gasteiger partial charge in [0.2, 0.25) is 0 Å². The van der Waals surface area contributed by atoms with Gasteiger partial charge in [-0.05, 0) is 25.0 Å². The highest BCUT2D eigenvalue weighted by atomic mass is 35.5. The lowest BCUT2D eigenvalue weighted by atomic mass is 9.82. The number of aliphatic hydroxyl groups is 1. The van der Waals surface area contributed by atoms with Gasteiger partial charge in [-0.3, -0.25) is 4.79 Å². The zero-order chi connectivity index (χ0) is 14.8. The summed E-state index contributed by atoms with van der Waals surface area (Å²) in [4.78, 5) is 12.2. The quantitative estimate of drug-likeness (QED) is 0.837. The summed E-state index contributed by atoms with van der Waals surface area (Å²) in [6.45, 7) is -0.133. The first kappa shape index (κ1) is 15.5. The number of benzene rings is 1. The van der Waals surface area contributed by atoms with Gasteiger partial charge in [-0.2, -0.15) is 0 Å². The van der Waals surface area contributed by atoms with Gasteiger partial charge in [0, 0.05) is 0 Å². The van der Waals surface area contributed by atoms with Crippen molar-refractivity contribution in [2.75, 3.05) is 6.61 Å². The van der Waals surface area contributed by atoms with Crippen LogP contribution in [0.3, 0.4) is 0 Å². The summed E-state index contributed by atoms with van der Waals surface area (Å²) in [5.41, 5.74) is -0.596. The van der Waals surface area contributed by atoms with E-state index in [9.17, 15) is 14.3 Å². The number of rotatable bonds is 3. The van der Waals surface area contributed by atoms with E-state index < -0.39 is 17.3 Å². The summed E-state index contributed by atoms with van der Waals surface area (Å²) < 4.78 is 13.5. The van der Waals surface area contributed by atoms with Gasteiger partial charge in [-0.25, -0.2) is 4.39 Å². The highest BCUT2D eigenvalue weighted by Gasteiger charge is 2.33. The van der Waals surface area contributed by atoms with Gasteiger partial charge in [0.05, 0.1) is 27.8 Å². The fraction of sp³-hybridized carbons (Fsp3) is 0.500. The molecule has 1 aromatic rings. The molecule has 2 N–H and O–H groups in total. The van der Waals surface area contributed by atoms with E-state index in [1.807, 2.05) is 0 Å². The van der Waals surface area contributed by atoms with Gasteiger partial charge in [0.15, 0.2) is 0 Å². The zero-order valence-electron chi connectivity index (χ0n) is 10.9. The molecule has 1 aromatic carbocycles. The second kappa shape index (κ2) is 6.29. The van der Waals surface area contributed by atoms with Crippen molar-refractivity contribution in [1.29, 1.82) is 0 Å². The van der Waals surface area contributed by atoms with Gasteiger partial charge in [0.25, 0.3) is 5.91 Å². The SMILES string of the molecule is O=C(NC1(CO)CCCCC1)c1cc(F)c(Cl)cc1Cl. The van der Waals surface area contributed by atoms with Crippen LogP contribution in [0.1, 0.15) is 42.5 Å². The summed E-state index contributed by atoms with van der Waals surface area (Å²) in [7, 11) is 0. The third-order valence-corrected chi connectivity index (χ3v) is 4.35. The smallest absolute Gasteiger partial charge is 0.253 e. The molecule has 1 aliphatic carbocycles. The van der Waals surface area contributed by atoms with Crippen LogP contribution in [-0.2, 0) is 0 Å². The average Bonchev–Trinajstić information content (AvgIpc) is 2.43. The van der Waals surface area contributed by atoms with Crippen molar-refractivity contribution in [2.45, 2.75) is 37.6 Å². The number of hydrogen-bond donors (Lipinski definition) is 2. The Bertz CT molecular complexity index is 516. The van der Waals surface area contributed by atoms with E-state index in [0.29, 0.717) is 12.8 Å². The van der Waals surface area contributed by atoms with E-state index in [-0.39, 0.29) is 22.2 Å². The van der Waals surface area contributed by atoms with Gasteiger partial charge >= 0.3 is 0 Å². The fourth-order valence-corrected chi connectivity index (χ4v) is 3.02. The van der Waals surface area contributed by atoms with Crippen LogP contribution in [0.4, 0.5) is 4.39 Å². The monoisotopic (exact) mass is 319 g/mol. The predicted molar refractivity (Wildman–Crippen MR) is 76.8 cm³/mol. The molecule has 110 valence electrons. The van der Waals surface area contributed by atoms with E-state index in [4.69, 9.17) is 23.2 Å². The molecule has 1 aliphatic rings. The number of aliphatic hydroxyl groups excluding tert-OH is 1. The van der Waals surface area contributed by atoms with Crippen molar-refractivity contribution in [2.24, 2.45) is 0 Å². The Morgan fingerprint density at radius 2 is 1.90 bits per heavy atom. The maximum atomic E-state index is 13.5. The summed E-state index contributed by atoms with van der Waals surface area (Å²) in [6, 6.07) is 2.23. The minimum absolute atomic E-state index is 0.0342. The highest BCUT2D eigenvalue weighted by molar-refractivity contribution is 6.36. The first-order valence-electron chi connectivity index (χ1n) is 6.55. The Kier molecular flexibility index (Phi) is 4.89. The molecule has 0 unspecified atom stereocenters. The largest absolute Gasteiger partial charge is 0.394 e. The van der Waals surface area contributed by atoms with E-state index >= 15 is 0 Å². The number of amides is 1. The minimum atomic E-state index is -0.692. The van der Waals surface area contributed by atoms with Gasteiger partial charge in [-0.15, -0.1) is 0 Å². The lowest BCUT2D eigenvalue weighted by molar-refractivity contribution is 0.0758. The molecule has 1 amide bonds. The minimum Gasteiger partial charge on any atom is -0.394 e. The van der Waals surface area contributed by atoms with Crippen LogP contribution in [0, 0.1) is 5.82 Å². The van der Waals surface area contributed by atoms with E-state index in [0.717, 1.165) is 25.3 Å². The molecule has 2 rings (SSSR count). The maximum absolute atomic E-state index is 13.5. The summed E-state index contributed by atoms with van der Waals surface area (Å²) in [5.74, 6) is -1.18. The van der Waals surface area contributed by atoms with Crippen molar-refractivity contribution in [3.8, 4) is 0 Å². The van der Waals surface area contributed by atoms with Crippen LogP contribution >= 0.6 is 23.2 Å². The third-order valence-electron chi connectivity index (χ3n) is 3.75. The van der Waals surface area contributed by atoms with Crippen LogP contribution in [0.25, 0.3) is 0 Å². The van der Waals surface area contributed by atoms with Crippen LogP contribution in [0.5, 0.6) is 0 Å². The number of carbonyl (C=O) groups is 1. The first-order chi connectivity index (χ1) is 9.47. The summed E-state index contributed by atoms with van der Waals surface area (Å²) in [5, 5.41) is 12.3. The van der Waals surface area contributed by atoms with Crippen molar-refractivity contribution in [3.05, 3.63) is 33.6 Å². The van der Waals surface area contributed by atoms with Crippen LogP contribution in [-0.4, -0.2) is 23.2 Å². The Morgan fingerprint density at radius 3 is 2.50 bits per heavy atom. The normalized spacial score (nSPS) is 17.8. The molecule has 6 heteroatoms. The molecule has 0 atom stereocenters. The predicted octanol–water partition coefficient (Wildman–Crippen LogP) is 3.56. The average molecular weight is 320 g/mol. The molecule has 1 fully saturated rings. The molecular weight excluding hydrogens is 304 g/mol. The molecule has 0 spiro atoms. The van der Waals surface area contributed by atoms with Crippen molar-refractivity contribution >= 4 is 29.1 Å². The molecule has 0 aromatic heterocycles. The third kappa shape index (κ3) is 3.25. The molecule has 0 radical (unpaired) electrons. The molecule has 20 heavy (non-hydrogen) atoms. The lowest BCUT2D eigenvalue weighted by Gasteiger charge is -2.36. The molecule has 0 saturated heterocycles. The lowest BCUT2D eigenvalue weighted by Crippen LogP contribution is -2.52. The number of halogens is 3. The molecule has 0 bridgehead atoms. The highest BCUT2D eigenvalue weighted by Crippen LogP contribution is 2.29. The van der Waals surface area contributed by atoms with Gasteiger partial charge in [-0.1, -0.05) is 42.5 Å². The number of hydrogen-bond acceptors (Lipinski definition) is 2. The molecule has 0 heterocycles. The van der Waals surface area contributed by atoms with Gasteiger partial charge in [0.1, 0.15) is 5.82 Å². The van der Waals surface area contributed by atoms with Crippen LogP contribution in [0.2, 0.25) is 10.0 Å². The summed E-state index contributed by atoms with van der Waals surface area (Å²) in [6.07, 6.45) is 4.41. The fourth-order valence-electron chi connectivity index (χ4n) is 2.56. The van der Waals surface area contributed by atoms with Gasteiger partial charge < -0.3 is 10.4 Å². The molecular formula is C14H16Cl2FNO2. The Balaban J connectivity index is 2.21. The van der Waals surface area contributed by atoms with E-state index in [2.05, 4.69) is 5.32 Å². The number of carbonyl (C=O) groups excluding carboxylic acids is 1. The Hall–Kier alpha value is -0.840. The first-order valence-corrected chi connectivity index (χ1v) is 7.31. The van der Waals surface area contributed by atoms with Crippen molar-refractivity contribution in [3.63, 3.8) is 0 Å². The van der Waals surface area contributed by atoms with Crippen molar-refractivity contribution in [1.82, 2.24) is 5.32 Å². The maximum Gasteiger partial charge on any atom is 0.253 e. The molecule has 3 nitrogen and oxygen atoms in total. The topological polar surface area (TPSA) is 49.3 Å². The van der Waals surface area contributed by atoms with E-state index in [1.165, 1.54) is 6.07 Å². The standard InChI is InChI=1S/C14H16Cl2FNO2/c15-10-7-11(16)12(17)6-9(10)13(20)18-14(8-19)4-2-1-3-5-14/h6-7,19H,1-5,8H2,(H,18,20). The van der Waals surface area contributed by atoms with Crippen LogP contribution in [0.15, 0.2) is 12.1 Å². The molecule has 1 saturated carbocycles. The van der Waals surface area contributed by atoms with Crippen LogP contribution < -0.4 is 5.32 Å². The second-order valence-electron chi connectivity index (χ2n) is 5.20. The van der Waals surface area contributed by atoms with E-state index in [1.54, 1.807) is 0 Å². The Morgan fingerprint density at radius 1 is 1.25 bits per heavy atom.